The molecule has 0 fully saturated rings. The molecule has 0 rings (SSSR count). The summed E-state index contributed by atoms with van der Waals surface area (Å²) in [6, 6.07) is 0. The summed E-state index contributed by atoms with van der Waals surface area (Å²) < 4.78 is 35.1. The molecule has 16 heavy (non-hydrogen) atoms. The van der Waals surface area contributed by atoms with Gasteiger partial charge in [-0.2, -0.15) is 13.2 Å². The van der Waals surface area contributed by atoms with Gasteiger partial charge in [0.2, 0.25) is 5.91 Å². The average molecular weight is 258 g/mol. The van der Waals surface area contributed by atoms with E-state index in [0.717, 1.165) is 0 Å². The minimum atomic E-state index is -4.15. The van der Waals surface area contributed by atoms with Crippen LogP contribution in [-0.4, -0.2) is 49.3 Å². The van der Waals surface area contributed by atoms with Crippen LogP contribution >= 0.6 is 11.8 Å². The van der Waals surface area contributed by atoms with E-state index in [9.17, 15) is 18.0 Å². The van der Waals surface area contributed by atoms with Crippen molar-refractivity contribution in [3.05, 3.63) is 0 Å². The molecule has 3 nitrogen and oxygen atoms in total. The minimum absolute atomic E-state index is 0.00509. The van der Waals surface area contributed by atoms with Crippen LogP contribution in [0, 0.1) is 0 Å². The molecule has 0 aliphatic rings. The van der Waals surface area contributed by atoms with Crippen LogP contribution in [0.5, 0.6) is 0 Å². The normalized spacial score (nSPS) is 11.6. The fourth-order valence-electron chi connectivity index (χ4n) is 0.952. The van der Waals surface area contributed by atoms with Crippen LogP contribution in [0.4, 0.5) is 13.2 Å². The first-order valence-electron chi connectivity index (χ1n) is 4.94. The van der Waals surface area contributed by atoms with Gasteiger partial charge in [-0.15, -0.1) is 0 Å². The Labute approximate surface area is 97.7 Å². The van der Waals surface area contributed by atoms with Gasteiger partial charge in [0.15, 0.2) is 0 Å². The molecule has 0 radical (unpaired) electrons. The zero-order chi connectivity index (χ0) is 12.6. The first-order valence-corrected chi connectivity index (χ1v) is 5.93. The monoisotopic (exact) mass is 258 g/mol. The number of carbonyl (C=O) groups excluding carboxylic acids is 1. The lowest BCUT2D eigenvalue weighted by Crippen LogP contribution is -2.24. The van der Waals surface area contributed by atoms with E-state index >= 15 is 0 Å². The summed E-state index contributed by atoms with van der Waals surface area (Å²) in [5.41, 5.74) is -4.15. The largest absolute Gasteiger partial charge is 0.441 e. The maximum absolute atomic E-state index is 11.7. The molecule has 0 heterocycles. The van der Waals surface area contributed by atoms with Gasteiger partial charge in [0.1, 0.15) is 0 Å². The fraction of sp³-hybridized carbons (Fsp3) is 0.889. The first-order chi connectivity index (χ1) is 7.33. The topological polar surface area (TPSA) is 32.3 Å². The number of alkyl halides is 3. The lowest BCUT2D eigenvalue weighted by Gasteiger charge is -2.10. The Hall–Kier alpha value is -0.430. The number of halogens is 3. The molecule has 0 aromatic carbocycles. The van der Waals surface area contributed by atoms with Crippen molar-refractivity contribution >= 4 is 17.7 Å². The minimum Gasteiger partial charge on any atom is -0.349 e. The van der Waals surface area contributed by atoms with E-state index in [1.54, 1.807) is 14.1 Å². The van der Waals surface area contributed by atoms with Crippen LogP contribution in [0.3, 0.4) is 0 Å². The first kappa shape index (κ1) is 15.6. The van der Waals surface area contributed by atoms with Gasteiger partial charge < -0.3 is 10.2 Å². The highest BCUT2D eigenvalue weighted by Gasteiger charge is 2.27. The highest BCUT2D eigenvalue weighted by atomic mass is 32.2. The van der Waals surface area contributed by atoms with Crippen molar-refractivity contribution in [3.63, 3.8) is 0 Å². The zero-order valence-electron chi connectivity index (χ0n) is 9.43. The van der Waals surface area contributed by atoms with Gasteiger partial charge in [0.25, 0.3) is 0 Å². The van der Waals surface area contributed by atoms with Crippen molar-refractivity contribution in [2.24, 2.45) is 0 Å². The summed E-state index contributed by atoms with van der Waals surface area (Å²) in [4.78, 5) is 12.6. The van der Waals surface area contributed by atoms with Crippen LogP contribution in [0.15, 0.2) is 0 Å². The molecule has 0 saturated carbocycles. The second-order valence-corrected chi connectivity index (χ2v) is 4.60. The SMILES string of the molecule is CN(C)C(=O)CCCNCCSC(F)(F)F. The predicted molar refractivity (Wildman–Crippen MR) is 59.3 cm³/mol. The lowest BCUT2D eigenvalue weighted by molar-refractivity contribution is -0.128. The molecule has 1 amide bonds. The third-order valence-electron chi connectivity index (χ3n) is 1.79. The predicted octanol–water partition coefficient (Wildman–Crippen LogP) is 1.70. The van der Waals surface area contributed by atoms with Gasteiger partial charge >= 0.3 is 5.51 Å². The Morgan fingerprint density at radius 2 is 1.94 bits per heavy atom. The molecular formula is C9H17F3N2OS. The van der Waals surface area contributed by atoms with E-state index in [-0.39, 0.29) is 23.4 Å². The van der Waals surface area contributed by atoms with Crippen molar-refractivity contribution in [1.82, 2.24) is 10.2 Å². The van der Waals surface area contributed by atoms with E-state index in [1.807, 2.05) is 0 Å². The van der Waals surface area contributed by atoms with Gasteiger partial charge in [0.05, 0.1) is 0 Å². The third kappa shape index (κ3) is 10.1. The molecule has 0 aromatic heterocycles. The van der Waals surface area contributed by atoms with Crippen LogP contribution in [0.25, 0.3) is 0 Å². The Bertz CT molecular complexity index is 209. The number of amides is 1. The second-order valence-electron chi connectivity index (χ2n) is 3.44. The highest BCUT2D eigenvalue weighted by molar-refractivity contribution is 8.00. The maximum Gasteiger partial charge on any atom is 0.441 e. The Morgan fingerprint density at radius 3 is 2.44 bits per heavy atom. The number of carbonyl (C=O) groups is 1. The number of hydrogen-bond acceptors (Lipinski definition) is 3. The van der Waals surface area contributed by atoms with Crippen molar-refractivity contribution in [1.29, 1.82) is 0 Å². The molecule has 0 spiro atoms. The molecule has 0 aliphatic heterocycles. The van der Waals surface area contributed by atoms with Crippen molar-refractivity contribution in [2.45, 2.75) is 18.3 Å². The van der Waals surface area contributed by atoms with Gasteiger partial charge in [-0.3, -0.25) is 4.79 Å². The number of hydrogen-bond donors (Lipinski definition) is 1. The van der Waals surface area contributed by atoms with Crippen molar-refractivity contribution in [3.8, 4) is 0 Å². The molecule has 0 aromatic rings. The molecule has 0 bridgehead atoms. The standard InChI is InChI=1S/C9H17F3N2OS/c1-14(2)8(15)4-3-5-13-6-7-16-9(10,11)12/h13H,3-7H2,1-2H3. The van der Waals surface area contributed by atoms with Gasteiger partial charge in [-0.25, -0.2) is 0 Å². The van der Waals surface area contributed by atoms with Gasteiger partial charge in [0, 0.05) is 32.8 Å². The van der Waals surface area contributed by atoms with E-state index in [4.69, 9.17) is 0 Å². The molecule has 0 unspecified atom stereocenters. The van der Waals surface area contributed by atoms with Crippen LogP contribution in [-0.2, 0) is 4.79 Å². The van der Waals surface area contributed by atoms with Crippen LogP contribution in [0.2, 0.25) is 0 Å². The average Bonchev–Trinajstić information content (AvgIpc) is 2.14. The van der Waals surface area contributed by atoms with Gasteiger partial charge in [-0.05, 0) is 24.7 Å². The van der Waals surface area contributed by atoms with Crippen molar-refractivity contribution in [2.75, 3.05) is 32.9 Å². The number of thioether (sulfide) groups is 1. The summed E-state index contributed by atoms with van der Waals surface area (Å²) in [6.07, 6.45) is 1.07. The Kier molecular flexibility index (Phi) is 7.57. The molecule has 0 atom stereocenters. The molecule has 96 valence electrons. The molecular weight excluding hydrogens is 241 g/mol. The van der Waals surface area contributed by atoms with E-state index in [0.29, 0.717) is 25.9 Å². The smallest absolute Gasteiger partial charge is 0.349 e. The summed E-state index contributed by atoms with van der Waals surface area (Å²) >= 11 is -0.0349. The van der Waals surface area contributed by atoms with E-state index < -0.39 is 5.51 Å². The van der Waals surface area contributed by atoms with Crippen molar-refractivity contribution < 1.29 is 18.0 Å². The quantitative estimate of drug-likeness (QED) is 0.705. The van der Waals surface area contributed by atoms with E-state index in [2.05, 4.69) is 5.32 Å². The Balaban J connectivity index is 3.26. The Morgan fingerprint density at radius 1 is 1.31 bits per heavy atom. The lowest BCUT2D eigenvalue weighted by atomic mass is 10.3. The summed E-state index contributed by atoms with van der Waals surface area (Å²) in [5, 5.41) is 2.86. The van der Waals surface area contributed by atoms with Gasteiger partial charge in [-0.1, -0.05) is 0 Å². The number of rotatable bonds is 7. The summed E-state index contributed by atoms with van der Waals surface area (Å²) in [5.74, 6) is 0.0389. The maximum atomic E-state index is 11.7. The summed E-state index contributed by atoms with van der Waals surface area (Å²) in [7, 11) is 3.35. The number of nitrogens with one attached hydrogen (secondary N) is 1. The number of nitrogens with zero attached hydrogens (tertiary/aromatic N) is 1. The molecule has 1 N–H and O–H groups in total. The third-order valence-corrected chi connectivity index (χ3v) is 2.52. The van der Waals surface area contributed by atoms with E-state index in [1.165, 1.54) is 4.90 Å². The molecule has 0 aliphatic carbocycles. The van der Waals surface area contributed by atoms with Crippen LogP contribution < -0.4 is 5.32 Å². The summed E-state index contributed by atoms with van der Waals surface area (Å²) in [6.45, 7) is 0.873. The molecule has 0 saturated heterocycles. The second kappa shape index (κ2) is 7.78. The fourth-order valence-corrected chi connectivity index (χ4v) is 1.43. The highest BCUT2D eigenvalue weighted by Crippen LogP contribution is 2.29. The molecule has 7 heteroatoms. The zero-order valence-corrected chi connectivity index (χ0v) is 10.2. The van der Waals surface area contributed by atoms with Crippen LogP contribution in [0.1, 0.15) is 12.8 Å².